The van der Waals surface area contributed by atoms with Gasteiger partial charge in [-0.3, -0.25) is 4.79 Å². The third kappa shape index (κ3) is 5.34. The maximum Gasteiger partial charge on any atom is 0.270 e. The molecule has 0 spiro atoms. The van der Waals surface area contributed by atoms with Gasteiger partial charge >= 0.3 is 0 Å². The van der Waals surface area contributed by atoms with E-state index >= 15 is 0 Å². The number of rotatable bonds is 8. The molecule has 3 aromatic carbocycles. The van der Waals surface area contributed by atoms with Crippen LogP contribution in [0.5, 0.6) is 17.2 Å². The van der Waals surface area contributed by atoms with E-state index in [1.807, 2.05) is 56.3 Å². The number of nitriles is 1. The van der Waals surface area contributed by atoms with Crippen molar-refractivity contribution in [3.63, 3.8) is 0 Å². The Bertz CT molecular complexity index is 1090. The first-order valence-electron chi connectivity index (χ1n) is 9.89. The summed E-state index contributed by atoms with van der Waals surface area (Å²) in [5, 5.41) is 12.1. The zero-order chi connectivity index (χ0) is 22.2. The van der Waals surface area contributed by atoms with Gasteiger partial charge < -0.3 is 19.5 Å². The molecule has 0 aliphatic carbocycles. The van der Waals surface area contributed by atoms with Crippen molar-refractivity contribution >= 4 is 11.6 Å². The Hall–Kier alpha value is -3.98. The Labute approximate surface area is 182 Å². The minimum atomic E-state index is -0.946. The highest BCUT2D eigenvalue weighted by Gasteiger charge is 2.25. The van der Waals surface area contributed by atoms with Crippen molar-refractivity contribution < 1.29 is 19.0 Å². The van der Waals surface area contributed by atoms with Gasteiger partial charge in [0.1, 0.15) is 5.75 Å². The normalized spacial score (nSPS) is 11.2. The molecule has 1 amide bonds. The zero-order valence-corrected chi connectivity index (χ0v) is 17.7. The van der Waals surface area contributed by atoms with Crippen LogP contribution in [0, 0.1) is 18.3 Å². The molecule has 0 aromatic heterocycles. The molecule has 0 radical (unpaired) electrons. The zero-order valence-electron chi connectivity index (χ0n) is 17.7. The standard InChI is InChI=1S/C25H24N2O4/c1-4-30-23-15-18(16-26)11-13-22(23)31-24(19-8-6-5-7-9-19)25(28)27-20-14-17(2)10-12-21(20)29-3/h5-15,24H,4H2,1-3H3,(H,27,28)/t24-/m0/s1. The molecule has 0 bridgehead atoms. The quantitative estimate of drug-likeness (QED) is 0.557. The van der Waals surface area contributed by atoms with Crippen molar-refractivity contribution in [3.8, 4) is 23.3 Å². The Morgan fingerprint density at radius 2 is 1.77 bits per heavy atom. The number of carbonyl (C=O) groups excluding carboxylic acids is 1. The van der Waals surface area contributed by atoms with Gasteiger partial charge in [-0.25, -0.2) is 0 Å². The fourth-order valence-electron chi connectivity index (χ4n) is 3.09. The summed E-state index contributed by atoms with van der Waals surface area (Å²) in [4.78, 5) is 13.3. The van der Waals surface area contributed by atoms with Crippen LogP contribution in [0.25, 0.3) is 0 Å². The lowest BCUT2D eigenvalue weighted by molar-refractivity contribution is -0.123. The molecule has 0 saturated heterocycles. The van der Waals surface area contributed by atoms with Gasteiger partial charge in [-0.1, -0.05) is 36.4 Å². The average Bonchev–Trinajstić information content (AvgIpc) is 2.79. The lowest BCUT2D eigenvalue weighted by Crippen LogP contribution is -2.26. The summed E-state index contributed by atoms with van der Waals surface area (Å²) in [6.45, 7) is 4.17. The van der Waals surface area contributed by atoms with Gasteiger partial charge in [-0.2, -0.15) is 5.26 Å². The predicted molar refractivity (Wildman–Crippen MR) is 118 cm³/mol. The van der Waals surface area contributed by atoms with E-state index in [0.29, 0.717) is 40.7 Å². The Morgan fingerprint density at radius 1 is 1.03 bits per heavy atom. The second-order valence-electron chi connectivity index (χ2n) is 6.81. The number of carbonyl (C=O) groups is 1. The van der Waals surface area contributed by atoms with Crippen molar-refractivity contribution in [2.75, 3.05) is 19.0 Å². The van der Waals surface area contributed by atoms with Gasteiger partial charge in [0, 0.05) is 11.6 Å². The molecular weight excluding hydrogens is 392 g/mol. The second-order valence-corrected chi connectivity index (χ2v) is 6.81. The number of hydrogen-bond acceptors (Lipinski definition) is 5. The summed E-state index contributed by atoms with van der Waals surface area (Å²) < 4.78 is 17.1. The van der Waals surface area contributed by atoms with E-state index in [2.05, 4.69) is 11.4 Å². The largest absolute Gasteiger partial charge is 0.495 e. The van der Waals surface area contributed by atoms with E-state index < -0.39 is 6.10 Å². The van der Waals surface area contributed by atoms with Crippen LogP contribution in [0.1, 0.15) is 29.7 Å². The minimum absolute atomic E-state index is 0.359. The van der Waals surface area contributed by atoms with Crippen LogP contribution in [0.4, 0.5) is 5.69 Å². The SMILES string of the molecule is CCOc1cc(C#N)ccc1O[C@H](C(=O)Nc1cc(C)ccc1OC)c1ccccc1. The minimum Gasteiger partial charge on any atom is -0.495 e. The second kappa shape index (κ2) is 10.2. The van der Waals surface area contributed by atoms with Crippen LogP contribution in [0.15, 0.2) is 66.7 Å². The van der Waals surface area contributed by atoms with Crippen LogP contribution >= 0.6 is 0 Å². The Kier molecular flexibility index (Phi) is 7.13. The van der Waals surface area contributed by atoms with E-state index in [4.69, 9.17) is 14.2 Å². The first kappa shape index (κ1) is 21.7. The van der Waals surface area contributed by atoms with E-state index in [9.17, 15) is 10.1 Å². The van der Waals surface area contributed by atoms with Crippen LogP contribution in [0.3, 0.4) is 0 Å². The predicted octanol–water partition coefficient (Wildman–Crippen LogP) is 5.03. The number of amides is 1. The Balaban J connectivity index is 1.96. The van der Waals surface area contributed by atoms with E-state index in [0.717, 1.165) is 5.56 Å². The first-order valence-corrected chi connectivity index (χ1v) is 9.89. The molecule has 1 N–H and O–H groups in total. The fourth-order valence-corrected chi connectivity index (χ4v) is 3.09. The van der Waals surface area contributed by atoms with Gasteiger partial charge in [0.25, 0.3) is 5.91 Å². The average molecular weight is 416 g/mol. The molecule has 3 aromatic rings. The Morgan fingerprint density at radius 3 is 2.45 bits per heavy atom. The molecule has 31 heavy (non-hydrogen) atoms. The third-order valence-electron chi connectivity index (χ3n) is 4.57. The number of ether oxygens (including phenoxy) is 3. The highest BCUT2D eigenvalue weighted by atomic mass is 16.5. The summed E-state index contributed by atoms with van der Waals surface area (Å²) >= 11 is 0. The molecule has 3 rings (SSSR count). The summed E-state index contributed by atoms with van der Waals surface area (Å²) in [5.74, 6) is 0.977. The van der Waals surface area contributed by atoms with Crippen molar-refractivity contribution in [1.29, 1.82) is 5.26 Å². The van der Waals surface area contributed by atoms with Gasteiger partial charge in [0.2, 0.25) is 6.10 Å². The maximum atomic E-state index is 13.3. The van der Waals surface area contributed by atoms with Gasteiger partial charge in [-0.05, 0) is 43.7 Å². The van der Waals surface area contributed by atoms with Crippen LogP contribution in [-0.4, -0.2) is 19.6 Å². The lowest BCUT2D eigenvalue weighted by Gasteiger charge is -2.21. The summed E-state index contributed by atoms with van der Waals surface area (Å²) in [6.07, 6.45) is -0.946. The van der Waals surface area contributed by atoms with Crippen LogP contribution in [-0.2, 0) is 4.79 Å². The topological polar surface area (TPSA) is 80.6 Å². The molecule has 0 saturated carbocycles. The molecule has 0 heterocycles. The van der Waals surface area contributed by atoms with Crippen LogP contribution < -0.4 is 19.5 Å². The van der Waals surface area contributed by atoms with Gasteiger partial charge in [-0.15, -0.1) is 0 Å². The van der Waals surface area contributed by atoms with E-state index in [1.54, 1.807) is 31.4 Å². The molecule has 158 valence electrons. The molecule has 6 nitrogen and oxygen atoms in total. The maximum absolute atomic E-state index is 13.3. The molecule has 0 aliphatic heterocycles. The number of nitrogens with zero attached hydrogens (tertiary/aromatic N) is 1. The first-order chi connectivity index (χ1) is 15.0. The fraction of sp³-hybridized carbons (Fsp3) is 0.200. The molecule has 0 fully saturated rings. The third-order valence-corrected chi connectivity index (χ3v) is 4.57. The van der Waals surface area contributed by atoms with E-state index in [-0.39, 0.29) is 5.91 Å². The highest BCUT2D eigenvalue weighted by Crippen LogP contribution is 2.34. The summed E-state index contributed by atoms with van der Waals surface area (Å²) in [6, 6.07) is 21.7. The molecule has 1 atom stereocenters. The summed E-state index contributed by atoms with van der Waals surface area (Å²) in [7, 11) is 1.55. The van der Waals surface area contributed by atoms with Crippen molar-refractivity contribution in [2.24, 2.45) is 0 Å². The number of hydrogen-bond donors (Lipinski definition) is 1. The number of nitrogens with one attached hydrogen (secondary N) is 1. The highest BCUT2D eigenvalue weighted by molar-refractivity contribution is 5.96. The molecule has 6 heteroatoms. The summed E-state index contributed by atoms with van der Waals surface area (Å²) in [5.41, 5.74) is 2.67. The van der Waals surface area contributed by atoms with Crippen molar-refractivity contribution in [2.45, 2.75) is 20.0 Å². The molecular formula is C25H24N2O4. The van der Waals surface area contributed by atoms with E-state index in [1.165, 1.54) is 0 Å². The van der Waals surface area contributed by atoms with Gasteiger partial charge in [0.05, 0.1) is 31.0 Å². The monoisotopic (exact) mass is 416 g/mol. The molecule has 0 unspecified atom stereocenters. The number of benzene rings is 3. The number of methoxy groups -OCH3 is 1. The molecule has 0 aliphatic rings. The number of anilines is 1. The lowest BCUT2D eigenvalue weighted by atomic mass is 10.1. The number of aryl methyl sites for hydroxylation is 1. The van der Waals surface area contributed by atoms with Crippen molar-refractivity contribution in [1.82, 2.24) is 0 Å². The van der Waals surface area contributed by atoms with Crippen LogP contribution in [0.2, 0.25) is 0 Å². The smallest absolute Gasteiger partial charge is 0.270 e. The van der Waals surface area contributed by atoms with Crippen molar-refractivity contribution in [3.05, 3.63) is 83.4 Å². The van der Waals surface area contributed by atoms with Gasteiger partial charge in [0.15, 0.2) is 11.5 Å².